The molecule has 0 bridgehead atoms. The molecule has 9 heteroatoms. The molecule has 9 nitrogen and oxygen atoms in total. The van der Waals surface area contributed by atoms with Crippen LogP contribution in [0.4, 0.5) is 5.69 Å². The Balaban J connectivity index is 2.52. The van der Waals surface area contributed by atoms with E-state index >= 15 is 0 Å². The van der Waals surface area contributed by atoms with Crippen molar-refractivity contribution in [3.8, 4) is 5.82 Å². The number of nitrogen functional groups attached to an aromatic ring is 1. The quantitative estimate of drug-likeness (QED) is 0.327. The predicted octanol–water partition coefficient (Wildman–Crippen LogP) is -0.145. The minimum Gasteiger partial charge on any atom is -0.382 e. The molecule has 3 N–H and O–H groups in total. The van der Waals surface area contributed by atoms with Crippen LogP contribution >= 0.6 is 0 Å². The molecule has 0 radical (unpaired) electrons. The van der Waals surface area contributed by atoms with Crippen molar-refractivity contribution in [2.24, 2.45) is 5.73 Å². The lowest BCUT2D eigenvalue weighted by atomic mass is 10.4. The summed E-state index contributed by atoms with van der Waals surface area (Å²) in [4.78, 5) is 17.7. The monoisotopic (exact) mass is 233 g/mol. The van der Waals surface area contributed by atoms with Crippen molar-refractivity contribution >= 4 is 11.5 Å². The van der Waals surface area contributed by atoms with Gasteiger partial charge in [-0.1, -0.05) is 0 Å². The highest BCUT2D eigenvalue weighted by atomic mass is 16.6. The maximum Gasteiger partial charge on any atom is 0.307 e. The van der Waals surface area contributed by atoms with Crippen molar-refractivity contribution in [2.75, 3.05) is 0 Å². The van der Waals surface area contributed by atoms with Crippen LogP contribution in [0.3, 0.4) is 0 Å². The first-order valence-corrected chi connectivity index (χ1v) is 4.44. The first-order chi connectivity index (χ1) is 8.09. The van der Waals surface area contributed by atoms with Crippen LogP contribution in [-0.4, -0.2) is 30.5 Å². The van der Waals surface area contributed by atoms with Crippen molar-refractivity contribution in [3.63, 3.8) is 0 Å². The number of aromatic nitrogens is 4. The van der Waals surface area contributed by atoms with E-state index in [0.29, 0.717) is 0 Å². The summed E-state index contributed by atoms with van der Waals surface area (Å²) in [5.74, 6) is -0.112. The third kappa shape index (κ3) is 1.93. The summed E-state index contributed by atoms with van der Waals surface area (Å²) in [7, 11) is 0. The van der Waals surface area contributed by atoms with Crippen LogP contribution in [0.5, 0.6) is 0 Å². The standard InChI is InChI=1S/C8H7N7O2/c9-7(10)6-8(12-2-1-11-6)14-4-5(3-13-14)15(16)17/h1-4H,(H3,9,10). The molecular weight excluding hydrogens is 226 g/mol. The van der Waals surface area contributed by atoms with E-state index in [2.05, 4.69) is 15.1 Å². The largest absolute Gasteiger partial charge is 0.382 e. The Kier molecular flexibility index (Phi) is 2.49. The molecule has 0 aliphatic heterocycles. The minimum atomic E-state index is -0.576. The topological polar surface area (TPSA) is 137 Å². The Hall–Kier alpha value is -2.84. The minimum absolute atomic E-state index is 0.116. The lowest BCUT2D eigenvalue weighted by Crippen LogP contribution is -2.18. The van der Waals surface area contributed by atoms with Crippen LogP contribution in [0, 0.1) is 15.5 Å². The molecule has 0 spiro atoms. The number of nitro groups is 1. The van der Waals surface area contributed by atoms with Crippen LogP contribution in [0.2, 0.25) is 0 Å². The zero-order valence-corrected chi connectivity index (χ0v) is 8.44. The van der Waals surface area contributed by atoms with Gasteiger partial charge < -0.3 is 5.73 Å². The third-order valence-electron chi connectivity index (χ3n) is 1.93. The van der Waals surface area contributed by atoms with E-state index in [9.17, 15) is 10.1 Å². The number of nitrogens with zero attached hydrogens (tertiary/aromatic N) is 5. The molecule has 2 heterocycles. The van der Waals surface area contributed by atoms with Gasteiger partial charge in [0.05, 0.1) is 4.92 Å². The van der Waals surface area contributed by atoms with Crippen molar-refractivity contribution in [3.05, 3.63) is 40.6 Å². The van der Waals surface area contributed by atoms with Gasteiger partial charge >= 0.3 is 5.69 Å². The van der Waals surface area contributed by atoms with Gasteiger partial charge in [0.2, 0.25) is 0 Å². The molecule has 17 heavy (non-hydrogen) atoms. The van der Waals surface area contributed by atoms with E-state index in [0.717, 1.165) is 10.9 Å². The second kappa shape index (κ2) is 3.96. The van der Waals surface area contributed by atoms with Gasteiger partial charge in [-0.2, -0.15) is 5.10 Å². The normalized spacial score (nSPS) is 10.1. The third-order valence-corrected chi connectivity index (χ3v) is 1.93. The number of hydrogen-bond donors (Lipinski definition) is 2. The number of amidine groups is 1. The average Bonchev–Trinajstić information content (AvgIpc) is 2.78. The van der Waals surface area contributed by atoms with Crippen molar-refractivity contribution in [1.82, 2.24) is 19.7 Å². The Morgan fingerprint density at radius 2 is 2.18 bits per heavy atom. The molecule has 0 amide bonds. The summed E-state index contributed by atoms with van der Waals surface area (Å²) in [6, 6.07) is 0. The predicted molar refractivity (Wildman–Crippen MR) is 56.8 cm³/mol. The van der Waals surface area contributed by atoms with E-state index in [4.69, 9.17) is 11.1 Å². The van der Waals surface area contributed by atoms with Crippen LogP contribution < -0.4 is 5.73 Å². The van der Waals surface area contributed by atoms with Gasteiger partial charge in [-0.25, -0.2) is 14.6 Å². The summed E-state index contributed by atoms with van der Waals surface area (Å²) >= 11 is 0. The van der Waals surface area contributed by atoms with E-state index in [1.54, 1.807) is 0 Å². The maximum atomic E-state index is 10.5. The summed E-state index contributed by atoms with van der Waals surface area (Å²) in [5.41, 5.74) is 5.26. The van der Waals surface area contributed by atoms with Crippen molar-refractivity contribution in [1.29, 1.82) is 5.41 Å². The Labute approximate surface area is 94.6 Å². The lowest BCUT2D eigenvalue weighted by Gasteiger charge is -2.04. The molecule has 2 rings (SSSR count). The fourth-order valence-corrected chi connectivity index (χ4v) is 1.21. The first-order valence-electron chi connectivity index (χ1n) is 4.44. The van der Waals surface area contributed by atoms with Crippen LogP contribution in [-0.2, 0) is 0 Å². The maximum absolute atomic E-state index is 10.5. The SMILES string of the molecule is N=C(N)c1nccnc1-n1cc([N+](=O)[O-])cn1. The molecule has 0 unspecified atom stereocenters. The molecule has 0 fully saturated rings. The van der Waals surface area contributed by atoms with Gasteiger partial charge in [0, 0.05) is 12.4 Å². The molecule has 0 atom stereocenters. The summed E-state index contributed by atoms with van der Waals surface area (Å²) < 4.78 is 1.15. The number of hydrogen-bond acceptors (Lipinski definition) is 6. The number of rotatable bonds is 3. The Morgan fingerprint density at radius 1 is 1.47 bits per heavy atom. The van der Waals surface area contributed by atoms with Gasteiger partial charge in [0.25, 0.3) is 0 Å². The molecule has 2 aromatic heterocycles. The van der Waals surface area contributed by atoms with Crippen LogP contribution in [0.15, 0.2) is 24.8 Å². The molecule has 2 aromatic rings. The smallest absolute Gasteiger partial charge is 0.307 e. The van der Waals surface area contributed by atoms with Crippen molar-refractivity contribution < 1.29 is 4.92 Å². The fraction of sp³-hybridized carbons (Fsp3) is 0. The summed E-state index contributed by atoms with van der Waals surface area (Å²) in [6.45, 7) is 0. The van der Waals surface area contributed by atoms with Gasteiger partial charge in [0.15, 0.2) is 5.82 Å². The van der Waals surface area contributed by atoms with E-state index in [1.807, 2.05) is 0 Å². The van der Waals surface area contributed by atoms with Gasteiger partial charge in [-0.3, -0.25) is 15.5 Å². The van der Waals surface area contributed by atoms with Crippen molar-refractivity contribution in [2.45, 2.75) is 0 Å². The van der Waals surface area contributed by atoms with E-state index < -0.39 is 4.92 Å². The average molecular weight is 233 g/mol. The molecule has 0 aliphatic rings. The second-order valence-electron chi connectivity index (χ2n) is 3.04. The molecule has 0 aromatic carbocycles. The van der Waals surface area contributed by atoms with E-state index in [-0.39, 0.29) is 23.0 Å². The number of nitrogens with two attached hydrogens (primary N) is 1. The van der Waals surface area contributed by atoms with E-state index in [1.165, 1.54) is 18.6 Å². The molecule has 0 saturated carbocycles. The number of nitrogens with one attached hydrogen (secondary N) is 1. The van der Waals surface area contributed by atoms with Crippen LogP contribution in [0.1, 0.15) is 5.69 Å². The molecule has 0 aliphatic carbocycles. The van der Waals surface area contributed by atoms with Gasteiger partial charge in [-0.05, 0) is 0 Å². The highest BCUT2D eigenvalue weighted by Gasteiger charge is 2.15. The molecular formula is C8H7N7O2. The lowest BCUT2D eigenvalue weighted by molar-refractivity contribution is -0.384. The fourth-order valence-electron chi connectivity index (χ4n) is 1.21. The molecule has 86 valence electrons. The van der Waals surface area contributed by atoms with Gasteiger partial charge in [0.1, 0.15) is 23.9 Å². The zero-order valence-electron chi connectivity index (χ0n) is 8.44. The first kappa shape index (κ1) is 10.7. The molecule has 0 saturated heterocycles. The Bertz CT molecular complexity index is 591. The van der Waals surface area contributed by atoms with Gasteiger partial charge in [-0.15, -0.1) is 0 Å². The second-order valence-corrected chi connectivity index (χ2v) is 3.04. The summed E-state index contributed by atoms with van der Waals surface area (Å²) in [5, 5.41) is 21.6. The van der Waals surface area contributed by atoms with Crippen LogP contribution in [0.25, 0.3) is 5.82 Å². The zero-order chi connectivity index (χ0) is 12.4. The summed E-state index contributed by atoms with van der Waals surface area (Å²) in [6.07, 6.45) is 5.02. The Morgan fingerprint density at radius 3 is 2.76 bits per heavy atom. The highest BCUT2D eigenvalue weighted by Crippen LogP contribution is 2.13. The highest BCUT2D eigenvalue weighted by molar-refractivity contribution is 5.95.